The smallest absolute Gasteiger partial charge is 0.308 e. The molecular weight excluding hydrogens is 190 g/mol. The van der Waals surface area contributed by atoms with E-state index in [1.54, 1.807) is 0 Å². The van der Waals surface area contributed by atoms with Crippen LogP contribution in [-0.4, -0.2) is 29.6 Å². The van der Waals surface area contributed by atoms with Crippen LogP contribution in [0.3, 0.4) is 0 Å². The second kappa shape index (κ2) is 4.03. The van der Waals surface area contributed by atoms with Crippen molar-refractivity contribution in [2.24, 2.45) is 5.92 Å². The molecule has 1 aliphatic rings. The molecule has 0 spiro atoms. The van der Waals surface area contributed by atoms with E-state index in [1.807, 2.05) is 37.4 Å². The molecule has 1 N–H and O–H groups in total. The molecule has 0 unspecified atom stereocenters. The number of hydrogen-bond acceptors (Lipinski definition) is 2. The summed E-state index contributed by atoms with van der Waals surface area (Å²) in [6, 6.07) is 9.91. The highest BCUT2D eigenvalue weighted by Crippen LogP contribution is 2.35. The van der Waals surface area contributed by atoms with Crippen LogP contribution in [-0.2, 0) is 4.79 Å². The van der Waals surface area contributed by atoms with Crippen molar-refractivity contribution in [3.05, 3.63) is 35.9 Å². The minimum atomic E-state index is -0.687. The Morgan fingerprint density at radius 2 is 2.07 bits per heavy atom. The molecule has 0 aliphatic carbocycles. The van der Waals surface area contributed by atoms with Gasteiger partial charge in [0.15, 0.2) is 0 Å². The fourth-order valence-electron chi connectivity index (χ4n) is 2.34. The molecule has 1 heterocycles. The average Bonchev–Trinajstić information content (AvgIpc) is 2.61. The lowest BCUT2D eigenvalue weighted by Crippen LogP contribution is -2.25. The average molecular weight is 205 g/mol. The van der Waals surface area contributed by atoms with Gasteiger partial charge >= 0.3 is 5.97 Å². The number of carboxylic acid groups (broad SMARTS) is 1. The molecule has 0 amide bonds. The van der Waals surface area contributed by atoms with Crippen molar-refractivity contribution in [2.75, 3.05) is 13.6 Å². The van der Waals surface area contributed by atoms with E-state index in [0.717, 1.165) is 18.5 Å². The van der Waals surface area contributed by atoms with Crippen LogP contribution >= 0.6 is 0 Å². The summed E-state index contributed by atoms with van der Waals surface area (Å²) >= 11 is 0. The lowest BCUT2D eigenvalue weighted by molar-refractivity contribution is -0.142. The van der Waals surface area contributed by atoms with Gasteiger partial charge in [0.2, 0.25) is 0 Å². The second-order valence-corrected chi connectivity index (χ2v) is 4.07. The first-order chi connectivity index (χ1) is 7.20. The van der Waals surface area contributed by atoms with Crippen LogP contribution < -0.4 is 0 Å². The molecule has 3 heteroatoms. The summed E-state index contributed by atoms with van der Waals surface area (Å²) < 4.78 is 0. The highest BCUT2D eigenvalue weighted by atomic mass is 16.4. The van der Waals surface area contributed by atoms with Gasteiger partial charge in [-0.3, -0.25) is 9.69 Å². The molecule has 1 saturated heterocycles. The number of hydrogen-bond donors (Lipinski definition) is 1. The van der Waals surface area contributed by atoms with E-state index in [0.29, 0.717) is 0 Å². The van der Waals surface area contributed by atoms with Crippen LogP contribution in [0.5, 0.6) is 0 Å². The van der Waals surface area contributed by atoms with Crippen molar-refractivity contribution >= 4 is 5.97 Å². The zero-order valence-corrected chi connectivity index (χ0v) is 8.76. The molecule has 2 atom stereocenters. The zero-order chi connectivity index (χ0) is 10.8. The zero-order valence-electron chi connectivity index (χ0n) is 8.76. The molecule has 80 valence electrons. The second-order valence-electron chi connectivity index (χ2n) is 4.07. The largest absolute Gasteiger partial charge is 0.481 e. The van der Waals surface area contributed by atoms with E-state index in [4.69, 9.17) is 5.11 Å². The number of nitrogens with zero attached hydrogens (tertiary/aromatic N) is 1. The highest BCUT2D eigenvalue weighted by molar-refractivity contribution is 5.71. The molecule has 0 radical (unpaired) electrons. The first kappa shape index (κ1) is 10.2. The number of carbonyl (C=O) groups is 1. The summed E-state index contributed by atoms with van der Waals surface area (Å²) in [6.45, 7) is 0.858. The van der Waals surface area contributed by atoms with Crippen molar-refractivity contribution in [1.29, 1.82) is 0 Å². The Morgan fingerprint density at radius 1 is 1.40 bits per heavy atom. The van der Waals surface area contributed by atoms with E-state index in [2.05, 4.69) is 4.90 Å². The van der Waals surface area contributed by atoms with Gasteiger partial charge in [0.25, 0.3) is 0 Å². The predicted octanol–water partition coefficient (Wildman–Crippen LogP) is 1.76. The quantitative estimate of drug-likeness (QED) is 0.799. The van der Waals surface area contributed by atoms with Crippen molar-refractivity contribution in [3.63, 3.8) is 0 Å². The Morgan fingerprint density at radius 3 is 2.67 bits per heavy atom. The Labute approximate surface area is 89.3 Å². The maximum absolute atomic E-state index is 11.1. The van der Waals surface area contributed by atoms with Crippen LogP contribution in [0.15, 0.2) is 30.3 Å². The van der Waals surface area contributed by atoms with Gasteiger partial charge in [-0.05, 0) is 25.6 Å². The topological polar surface area (TPSA) is 40.5 Å². The standard InChI is InChI=1S/C12H15NO2/c1-13-8-7-10(12(14)15)11(13)9-5-3-2-4-6-9/h2-6,10-11H,7-8H2,1H3,(H,14,15)/t10-,11+/m1/s1. The molecule has 0 saturated carbocycles. The fraction of sp³-hybridized carbons (Fsp3) is 0.417. The van der Waals surface area contributed by atoms with Crippen molar-refractivity contribution in [1.82, 2.24) is 4.90 Å². The third kappa shape index (κ3) is 1.88. The number of likely N-dealkylation sites (tertiary alicyclic amines) is 1. The van der Waals surface area contributed by atoms with Crippen LogP contribution in [0.25, 0.3) is 0 Å². The molecule has 2 rings (SSSR count). The van der Waals surface area contributed by atoms with Crippen molar-refractivity contribution in [2.45, 2.75) is 12.5 Å². The molecule has 3 nitrogen and oxygen atoms in total. The summed E-state index contributed by atoms with van der Waals surface area (Å²) in [6.07, 6.45) is 0.741. The first-order valence-corrected chi connectivity index (χ1v) is 5.18. The summed E-state index contributed by atoms with van der Waals surface area (Å²) in [5, 5.41) is 9.14. The molecular formula is C12H15NO2. The predicted molar refractivity (Wildman–Crippen MR) is 57.6 cm³/mol. The normalized spacial score (nSPS) is 26.7. The van der Waals surface area contributed by atoms with E-state index in [1.165, 1.54) is 0 Å². The monoisotopic (exact) mass is 205 g/mol. The fourth-order valence-corrected chi connectivity index (χ4v) is 2.34. The highest BCUT2D eigenvalue weighted by Gasteiger charge is 2.37. The molecule has 1 aliphatic heterocycles. The summed E-state index contributed by atoms with van der Waals surface area (Å²) in [7, 11) is 1.99. The molecule has 0 bridgehead atoms. The maximum Gasteiger partial charge on any atom is 0.308 e. The number of benzene rings is 1. The van der Waals surface area contributed by atoms with Crippen LogP contribution in [0.4, 0.5) is 0 Å². The van der Waals surface area contributed by atoms with Crippen molar-refractivity contribution < 1.29 is 9.90 Å². The minimum absolute atomic E-state index is 0.0312. The van der Waals surface area contributed by atoms with E-state index >= 15 is 0 Å². The van der Waals surface area contributed by atoms with Crippen LogP contribution in [0.1, 0.15) is 18.0 Å². The van der Waals surface area contributed by atoms with Gasteiger partial charge in [0, 0.05) is 6.04 Å². The first-order valence-electron chi connectivity index (χ1n) is 5.18. The van der Waals surface area contributed by atoms with Gasteiger partial charge in [-0.25, -0.2) is 0 Å². The number of aliphatic carboxylic acids is 1. The third-order valence-corrected chi connectivity index (χ3v) is 3.11. The maximum atomic E-state index is 11.1. The molecule has 15 heavy (non-hydrogen) atoms. The summed E-state index contributed by atoms with van der Waals surface area (Å²) in [5.74, 6) is -0.953. The van der Waals surface area contributed by atoms with Crippen LogP contribution in [0.2, 0.25) is 0 Å². The summed E-state index contributed by atoms with van der Waals surface area (Å²) in [5.41, 5.74) is 1.10. The van der Waals surface area contributed by atoms with Crippen LogP contribution in [0, 0.1) is 5.92 Å². The lowest BCUT2D eigenvalue weighted by atomic mass is 9.94. The van der Waals surface area contributed by atoms with E-state index in [9.17, 15) is 4.79 Å². The van der Waals surface area contributed by atoms with E-state index in [-0.39, 0.29) is 12.0 Å². The SMILES string of the molecule is CN1CC[C@@H](C(=O)O)[C@@H]1c1ccccc1. The van der Waals surface area contributed by atoms with Gasteiger partial charge in [-0.1, -0.05) is 30.3 Å². The summed E-state index contributed by atoms with van der Waals surface area (Å²) in [4.78, 5) is 13.2. The van der Waals surface area contributed by atoms with Gasteiger partial charge < -0.3 is 5.11 Å². The molecule has 1 aromatic carbocycles. The van der Waals surface area contributed by atoms with Gasteiger partial charge in [-0.15, -0.1) is 0 Å². The van der Waals surface area contributed by atoms with Gasteiger partial charge in [0.05, 0.1) is 5.92 Å². The van der Waals surface area contributed by atoms with E-state index < -0.39 is 5.97 Å². The molecule has 0 aromatic heterocycles. The molecule has 1 fully saturated rings. The molecule has 1 aromatic rings. The number of carboxylic acids is 1. The lowest BCUT2D eigenvalue weighted by Gasteiger charge is -2.23. The Hall–Kier alpha value is -1.35. The Balaban J connectivity index is 2.29. The van der Waals surface area contributed by atoms with Crippen molar-refractivity contribution in [3.8, 4) is 0 Å². The number of rotatable bonds is 2. The van der Waals surface area contributed by atoms with Gasteiger partial charge in [-0.2, -0.15) is 0 Å². The Bertz CT molecular complexity index is 350. The van der Waals surface area contributed by atoms with Gasteiger partial charge in [0.1, 0.15) is 0 Å². The third-order valence-electron chi connectivity index (χ3n) is 3.11. The Kier molecular flexibility index (Phi) is 2.73. The minimum Gasteiger partial charge on any atom is -0.481 e.